The van der Waals surface area contributed by atoms with E-state index >= 15 is 0 Å². The van der Waals surface area contributed by atoms with Gasteiger partial charge in [0, 0.05) is 30.6 Å². The molecule has 0 spiro atoms. The van der Waals surface area contributed by atoms with E-state index in [9.17, 15) is 29.4 Å². The summed E-state index contributed by atoms with van der Waals surface area (Å²) < 4.78 is 22.6. The summed E-state index contributed by atoms with van der Waals surface area (Å²) in [6, 6.07) is 26.9. The van der Waals surface area contributed by atoms with Gasteiger partial charge in [-0.15, -0.1) is 11.3 Å². The number of hydrogen-bond acceptors (Lipinski definition) is 12. The lowest BCUT2D eigenvalue weighted by Gasteiger charge is -2.22. The van der Waals surface area contributed by atoms with Crippen LogP contribution in [0.25, 0.3) is 10.9 Å². The van der Waals surface area contributed by atoms with E-state index < -0.39 is 23.9 Å². The van der Waals surface area contributed by atoms with Crippen LogP contribution in [-0.2, 0) is 17.9 Å². The number of aromatic nitrogens is 1. The fourth-order valence-electron chi connectivity index (χ4n) is 5.72. The number of aliphatic hydroxyl groups is 1. The van der Waals surface area contributed by atoms with E-state index in [1.807, 2.05) is 12.1 Å². The summed E-state index contributed by atoms with van der Waals surface area (Å²) in [6.45, 7) is 4.60. The third-order valence-corrected chi connectivity index (χ3v) is 9.37. The molecule has 0 saturated heterocycles. The van der Waals surface area contributed by atoms with Crippen LogP contribution >= 0.6 is 11.3 Å². The van der Waals surface area contributed by atoms with Crippen LogP contribution in [0.1, 0.15) is 56.1 Å². The first-order valence-corrected chi connectivity index (χ1v) is 18.2. The van der Waals surface area contributed by atoms with Gasteiger partial charge in [0.1, 0.15) is 28.7 Å². The quantitative estimate of drug-likeness (QED) is 0.0429. The number of amides is 1. The van der Waals surface area contributed by atoms with E-state index in [1.165, 1.54) is 23.1 Å². The number of furan rings is 1. The molecular weight excluding hydrogens is 727 g/mol. The first-order valence-electron chi connectivity index (χ1n) is 17.4. The maximum Gasteiger partial charge on any atom is 0.420 e. The standard InChI is InChI=1S/C41H38N3O10S/c1-26(45)39-35(18-21-55-39)54-41(50)44(28-9-3-2-4-10-28)24-27-8-7-11-29(22-27)52-25-30-12-16-36(53-30)40(49)51-20-6-5-19-42-23-34(47)31-13-15-33(46)38-32(31)14-17-37(48)43-38/h2-4,7-18,21-22,34,42,46-47H,1,5-6,19-20,23-25H2,(H,43,48)/t34-/m0/s1. The van der Waals surface area contributed by atoms with Gasteiger partial charge in [-0.05, 0) is 90.5 Å². The summed E-state index contributed by atoms with van der Waals surface area (Å²) in [5.41, 5.74) is 1.85. The molecule has 4 N–H and O–H groups in total. The molecule has 3 heterocycles. The molecule has 0 saturated carbocycles. The first-order chi connectivity index (χ1) is 26.7. The molecule has 0 aliphatic rings. The van der Waals surface area contributed by atoms with Crippen LogP contribution in [0, 0.1) is 6.92 Å². The minimum absolute atomic E-state index is 0.0383. The van der Waals surface area contributed by atoms with Crippen LogP contribution in [0.3, 0.4) is 0 Å². The number of thiophene rings is 1. The van der Waals surface area contributed by atoms with Crippen molar-refractivity contribution in [1.82, 2.24) is 10.3 Å². The van der Waals surface area contributed by atoms with Gasteiger partial charge in [-0.1, -0.05) is 36.4 Å². The molecule has 6 aromatic rings. The number of phenolic OH excluding ortho intramolecular Hbond substituents is 1. The van der Waals surface area contributed by atoms with E-state index in [0.29, 0.717) is 47.5 Å². The number of unbranched alkanes of at least 4 members (excludes halogenated alkanes) is 1. The molecule has 0 bridgehead atoms. The monoisotopic (exact) mass is 764 g/mol. The van der Waals surface area contributed by atoms with Crippen molar-refractivity contribution in [2.24, 2.45) is 0 Å². The largest absolute Gasteiger partial charge is 0.506 e. The first kappa shape index (κ1) is 38.5. The van der Waals surface area contributed by atoms with Crippen molar-refractivity contribution in [2.75, 3.05) is 24.6 Å². The van der Waals surface area contributed by atoms with Crippen molar-refractivity contribution in [3.05, 3.63) is 147 Å². The van der Waals surface area contributed by atoms with Crippen LogP contribution in [0.2, 0.25) is 0 Å². The lowest BCUT2D eigenvalue weighted by molar-refractivity contribution is 0.0458. The number of ether oxygens (including phenoxy) is 3. The summed E-state index contributed by atoms with van der Waals surface area (Å²) in [6.07, 6.45) is -0.276. The van der Waals surface area contributed by atoms with Crippen LogP contribution in [0.15, 0.2) is 112 Å². The number of esters is 1. The molecule has 3 aromatic heterocycles. The molecular formula is C41H38N3O10S. The van der Waals surface area contributed by atoms with Crippen LogP contribution in [0.5, 0.6) is 17.2 Å². The number of carbonyl (C=O) groups excluding carboxylic acids is 3. The lowest BCUT2D eigenvalue weighted by Crippen LogP contribution is -2.33. The molecule has 1 atom stereocenters. The number of nitrogens with zero attached hydrogens (tertiary/aromatic N) is 1. The number of hydrogen-bond donors (Lipinski definition) is 4. The molecule has 6 rings (SSSR count). The lowest BCUT2D eigenvalue weighted by atomic mass is 10.0. The van der Waals surface area contributed by atoms with Crippen LogP contribution in [0.4, 0.5) is 10.5 Å². The minimum atomic E-state index is -0.868. The molecule has 13 nitrogen and oxygen atoms in total. The predicted octanol–water partition coefficient (Wildman–Crippen LogP) is 6.95. The Balaban J connectivity index is 0.941. The number of anilines is 1. The number of nitrogens with one attached hydrogen (secondary N) is 2. The van der Waals surface area contributed by atoms with Gasteiger partial charge in [0.15, 0.2) is 11.5 Å². The van der Waals surface area contributed by atoms with Crippen molar-refractivity contribution < 1.29 is 43.2 Å². The smallest absolute Gasteiger partial charge is 0.420 e. The van der Waals surface area contributed by atoms with Crippen molar-refractivity contribution in [3.63, 3.8) is 0 Å². The molecule has 0 aliphatic heterocycles. The molecule has 0 aliphatic carbocycles. The molecule has 283 valence electrons. The van der Waals surface area contributed by atoms with Crippen molar-refractivity contribution in [3.8, 4) is 17.2 Å². The average Bonchev–Trinajstić information content (AvgIpc) is 3.87. The number of ketones is 1. The number of Topliss-reactive ketones (excluding diaryl/α,β-unsaturated/α-hetero) is 1. The van der Waals surface area contributed by atoms with E-state index in [-0.39, 0.29) is 59.5 Å². The number of para-hydroxylation sites is 1. The van der Waals surface area contributed by atoms with Gasteiger partial charge in [-0.2, -0.15) is 0 Å². The van der Waals surface area contributed by atoms with E-state index in [2.05, 4.69) is 17.2 Å². The topological polar surface area (TPSA) is 181 Å². The number of fused-ring (bicyclic) bond motifs is 1. The van der Waals surface area contributed by atoms with Crippen molar-refractivity contribution >= 4 is 45.8 Å². The number of aromatic amines is 1. The summed E-state index contributed by atoms with van der Waals surface area (Å²) in [4.78, 5) is 53.8. The number of phenols is 1. The van der Waals surface area contributed by atoms with Gasteiger partial charge in [-0.25, -0.2) is 9.59 Å². The Labute approximate surface area is 319 Å². The van der Waals surface area contributed by atoms with Crippen molar-refractivity contribution in [2.45, 2.75) is 32.1 Å². The number of aromatic hydroxyl groups is 1. The Morgan fingerprint density at radius 1 is 0.964 bits per heavy atom. The second kappa shape index (κ2) is 18.2. The Kier molecular flexibility index (Phi) is 12.7. The Morgan fingerprint density at radius 3 is 2.62 bits per heavy atom. The minimum Gasteiger partial charge on any atom is -0.506 e. The Hall–Kier alpha value is -6.22. The highest BCUT2D eigenvalue weighted by molar-refractivity contribution is 7.12. The third kappa shape index (κ3) is 10.1. The third-order valence-electron chi connectivity index (χ3n) is 8.44. The molecule has 1 radical (unpaired) electrons. The number of aliphatic hydroxyl groups excluding tert-OH is 1. The van der Waals surface area contributed by atoms with Gasteiger partial charge in [0.25, 0.3) is 0 Å². The summed E-state index contributed by atoms with van der Waals surface area (Å²) >= 11 is 1.15. The highest BCUT2D eigenvalue weighted by Gasteiger charge is 2.22. The summed E-state index contributed by atoms with van der Waals surface area (Å²) in [5, 5.41) is 26.1. The zero-order valence-corrected chi connectivity index (χ0v) is 30.4. The second-order valence-electron chi connectivity index (χ2n) is 12.4. The summed E-state index contributed by atoms with van der Waals surface area (Å²) in [5.74, 6) is 0.00865. The molecule has 0 unspecified atom stereocenters. The Morgan fingerprint density at radius 2 is 1.80 bits per heavy atom. The van der Waals surface area contributed by atoms with Gasteiger partial charge in [-0.3, -0.25) is 14.5 Å². The number of benzene rings is 3. The zero-order chi connectivity index (χ0) is 38.7. The van der Waals surface area contributed by atoms with Gasteiger partial charge in [0.2, 0.25) is 11.3 Å². The average molecular weight is 765 g/mol. The summed E-state index contributed by atoms with van der Waals surface area (Å²) in [7, 11) is 0. The molecule has 3 aromatic carbocycles. The maximum atomic E-state index is 13.4. The van der Waals surface area contributed by atoms with Gasteiger partial charge < -0.3 is 39.1 Å². The van der Waals surface area contributed by atoms with Gasteiger partial charge in [0.05, 0.1) is 24.8 Å². The highest BCUT2D eigenvalue weighted by atomic mass is 32.1. The second-order valence-corrected chi connectivity index (χ2v) is 13.3. The van der Waals surface area contributed by atoms with Crippen LogP contribution < -0.4 is 25.2 Å². The fourth-order valence-corrected chi connectivity index (χ4v) is 6.41. The Bertz CT molecular complexity index is 2320. The molecule has 0 fully saturated rings. The number of pyridine rings is 1. The maximum absolute atomic E-state index is 13.4. The molecule has 55 heavy (non-hydrogen) atoms. The number of H-pyrrole nitrogens is 1. The number of carbonyl (C=O) groups is 3. The zero-order valence-electron chi connectivity index (χ0n) is 29.6. The van der Waals surface area contributed by atoms with Gasteiger partial charge >= 0.3 is 12.1 Å². The van der Waals surface area contributed by atoms with E-state index in [4.69, 9.17) is 18.6 Å². The van der Waals surface area contributed by atoms with Crippen molar-refractivity contribution in [1.29, 1.82) is 0 Å². The predicted molar refractivity (Wildman–Crippen MR) is 206 cm³/mol. The molecule has 1 amide bonds. The van der Waals surface area contributed by atoms with E-state index in [1.54, 1.807) is 72.1 Å². The SMILES string of the molecule is [CH2]C(=O)c1sccc1OC(=O)N(Cc1cccc(OCc2ccc(C(=O)OCCCCNC[C@H](O)c3ccc(O)c4[nH]c(=O)ccc34)o2)c1)c1ccccc1. The number of rotatable bonds is 17. The normalized spacial score (nSPS) is 11.6. The van der Waals surface area contributed by atoms with E-state index in [0.717, 1.165) is 16.9 Å². The molecule has 14 heteroatoms. The van der Waals surface area contributed by atoms with Crippen LogP contribution in [-0.4, -0.2) is 52.7 Å². The fraction of sp³-hybridized carbons (Fsp3) is 0.195. The highest BCUT2D eigenvalue weighted by Crippen LogP contribution is 2.29.